The Bertz CT molecular complexity index is 1030. The second kappa shape index (κ2) is 6.69. The molecule has 2 bridgehead atoms. The third-order valence-corrected chi connectivity index (χ3v) is 7.51. The topological polar surface area (TPSA) is 37.6 Å². The number of aliphatic hydroxyl groups is 1. The van der Waals surface area contributed by atoms with Gasteiger partial charge in [-0.2, -0.15) is 0 Å². The summed E-state index contributed by atoms with van der Waals surface area (Å²) < 4.78 is 8.74. The van der Waals surface area contributed by atoms with E-state index in [0.717, 1.165) is 39.0 Å². The van der Waals surface area contributed by atoms with Crippen molar-refractivity contribution in [3.63, 3.8) is 0 Å². The predicted octanol–water partition coefficient (Wildman–Crippen LogP) is 3.66. The molecule has 3 aliphatic rings. The molecule has 150 valence electrons. The van der Waals surface area contributed by atoms with Gasteiger partial charge in [-0.1, -0.05) is 42.5 Å². The lowest BCUT2D eigenvalue weighted by atomic mass is 9.74. The van der Waals surface area contributed by atoms with Gasteiger partial charge in [-0.15, -0.1) is 0 Å². The molecule has 0 amide bonds. The number of ether oxygens (including phenoxy) is 1. The minimum absolute atomic E-state index is 0.00961. The van der Waals surface area contributed by atoms with Gasteiger partial charge in [0.1, 0.15) is 0 Å². The summed E-state index contributed by atoms with van der Waals surface area (Å²) in [7, 11) is 0. The van der Waals surface area contributed by atoms with Crippen molar-refractivity contribution in [2.45, 2.75) is 37.6 Å². The van der Waals surface area contributed by atoms with Crippen LogP contribution in [0.25, 0.3) is 10.9 Å². The molecule has 2 aromatic carbocycles. The molecule has 4 heteroatoms. The smallest absolute Gasteiger partial charge is 0.0858 e. The van der Waals surface area contributed by atoms with E-state index in [2.05, 4.69) is 70.3 Å². The molecule has 4 atom stereocenters. The minimum atomic E-state index is 0.00961. The maximum absolute atomic E-state index is 9.85. The fourth-order valence-electron chi connectivity index (χ4n) is 6.16. The number of fused-ring (bicyclic) bond motifs is 2. The molecule has 0 radical (unpaired) electrons. The Morgan fingerprint density at radius 1 is 1.03 bits per heavy atom. The molecule has 3 aliphatic heterocycles. The van der Waals surface area contributed by atoms with E-state index in [0.29, 0.717) is 17.9 Å². The normalized spacial score (nSPS) is 31.0. The zero-order valence-corrected chi connectivity index (χ0v) is 16.7. The van der Waals surface area contributed by atoms with Crippen molar-refractivity contribution < 1.29 is 9.84 Å². The Morgan fingerprint density at radius 3 is 2.79 bits per heavy atom. The third-order valence-electron chi connectivity index (χ3n) is 7.51. The zero-order valence-electron chi connectivity index (χ0n) is 16.7. The predicted molar refractivity (Wildman–Crippen MR) is 114 cm³/mol. The van der Waals surface area contributed by atoms with Crippen LogP contribution >= 0.6 is 0 Å². The maximum Gasteiger partial charge on any atom is 0.0858 e. The molecule has 1 N–H and O–H groups in total. The van der Waals surface area contributed by atoms with E-state index >= 15 is 0 Å². The number of likely N-dealkylation sites (tertiary alicyclic amines) is 1. The second-order valence-corrected chi connectivity index (χ2v) is 9.20. The van der Waals surface area contributed by atoms with Crippen molar-refractivity contribution >= 4 is 10.9 Å². The highest BCUT2D eigenvalue weighted by Gasteiger charge is 2.62. The molecule has 6 rings (SSSR count). The fourth-order valence-corrected chi connectivity index (χ4v) is 6.16. The number of aromatic nitrogens is 1. The van der Waals surface area contributed by atoms with Gasteiger partial charge in [0.25, 0.3) is 0 Å². The summed E-state index contributed by atoms with van der Waals surface area (Å²) in [5.74, 6) is 0.830. The van der Waals surface area contributed by atoms with Gasteiger partial charge >= 0.3 is 0 Å². The Balaban J connectivity index is 1.23. The number of nitrogens with zero attached hydrogens (tertiary/aromatic N) is 2. The number of benzene rings is 2. The van der Waals surface area contributed by atoms with Gasteiger partial charge in [-0.05, 0) is 41.5 Å². The molecule has 3 saturated heterocycles. The summed E-state index contributed by atoms with van der Waals surface area (Å²) in [6.07, 6.45) is 4.77. The first-order chi connectivity index (χ1) is 14.2. The molecule has 4 nitrogen and oxygen atoms in total. The molecular formula is C25H28N2O2. The van der Waals surface area contributed by atoms with Crippen molar-refractivity contribution in [3.05, 3.63) is 71.9 Å². The summed E-state index contributed by atoms with van der Waals surface area (Å²) in [5, 5.41) is 11.1. The fraction of sp³-hybridized carbons (Fsp3) is 0.440. The van der Waals surface area contributed by atoms with Crippen molar-refractivity contribution in [3.8, 4) is 0 Å². The van der Waals surface area contributed by atoms with E-state index in [1.165, 1.54) is 22.0 Å². The van der Waals surface area contributed by atoms with Crippen molar-refractivity contribution in [1.29, 1.82) is 0 Å². The van der Waals surface area contributed by atoms with Crippen molar-refractivity contribution in [2.24, 2.45) is 11.8 Å². The van der Waals surface area contributed by atoms with Crippen LogP contribution in [0.2, 0.25) is 0 Å². The van der Waals surface area contributed by atoms with Crippen LogP contribution in [-0.4, -0.2) is 46.0 Å². The highest BCUT2D eigenvalue weighted by atomic mass is 16.5. The maximum atomic E-state index is 9.85. The standard InChI is InChI=1S/C25H28N2O2/c28-16-21-22-15-26(17-25(22)10-8-24(21)29-25)13-19-6-7-20-9-11-27(23(20)12-19)14-18-4-2-1-3-5-18/h1-7,9,11-12,21-22,24,28H,8,10,13-17H2/t21-,22+,24+,25+/m1/s1. The summed E-state index contributed by atoms with van der Waals surface area (Å²) in [6, 6.07) is 19.7. The first-order valence-electron chi connectivity index (χ1n) is 10.9. The van der Waals surface area contributed by atoms with Gasteiger partial charge in [0.2, 0.25) is 0 Å². The molecule has 0 unspecified atom stereocenters. The molecule has 4 heterocycles. The third kappa shape index (κ3) is 2.85. The van der Waals surface area contributed by atoms with Crippen molar-refractivity contribution in [2.75, 3.05) is 19.7 Å². The van der Waals surface area contributed by atoms with Gasteiger partial charge in [-0.3, -0.25) is 4.90 Å². The van der Waals surface area contributed by atoms with E-state index in [4.69, 9.17) is 4.74 Å². The van der Waals surface area contributed by atoms with E-state index < -0.39 is 0 Å². The molecule has 0 saturated carbocycles. The lowest BCUT2D eigenvalue weighted by Crippen LogP contribution is -2.37. The van der Waals surface area contributed by atoms with E-state index in [1.54, 1.807) is 0 Å². The van der Waals surface area contributed by atoms with E-state index in [-0.39, 0.29) is 12.2 Å². The van der Waals surface area contributed by atoms with Crippen LogP contribution in [0, 0.1) is 11.8 Å². The summed E-state index contributed by atoms with van der Waals surface area (Å²) in [6.45, 7) is 4.18. The molecular weight excluding hydrogens is 360 g/mol. The number of hydrogen-bond donors (Lipinski definition) is 1. The van der Waals surface area contributed by atoms with Crippen LogP contribution in [0.15, 0.2) is 60.8 Å². The Labute approximate surface area is 171 Å². The lowest BCUT2D eigenvalue weighted by Gasteiger charge is -2.28. The molecule has 1 aromatic heterocycles. The van der Waals surface area contributed by atoms with E-state index in [9.17, 15) is 5.11 Å². The molecule has 0 aliphatic carbocycles. The van der Waals surface area contributed by atoms with Gasteiger partial charge in [0.15, 0.2) is 0 Å². The lowest BCUT2D eigenvalue weighted by molar-refractivity contribution is 0.000384. The average molecular weight is 389 g/mol. The van der Waals surface area contributed by atoms with Crippen molar-refractivity contribution in [1.82, 2.24) is 9.47 Å². The van der Waals surface area contributed by atoms with E-state index in [1.807, 2.05) is 0 Å². The van der Waals surface area contributed by atoms with Crippen LogP contribution < -0.4 is 0 Å². The Kier molecular flexibility index (Phi) is 4.09. The monoisotopic (exact) mass is 388 g/mol. The summed E-state index contributed by atoms with van der Waals surface area (Å²) in [4.78, 5) is 2.54. The minimum Gasteiger partial charge on any atom is -0.396 e. The highest BCUT2D eigenvalue weighted by Crippen LogP contribution is 2.54. The van der Waals surface area contributed by atoms with Crippen LogP contribution in [0.3, 0.4) is 0 Å². The summed E-state index contributed by atoms with van der Waals surface area (Å²) >= 11 is 0. The number of aliphatic hydroxyl groups excluding tert-OH is 1. The average Bonchev–Trinajstić information content (AvgIpc) is 3.48. The SMILES string of the molecule is OC[C@H]1[C@@H]2CC[C@@]3(CN(Cc4ccc5ccn(Cc6ccccc6)c5c4)C[C@@H]13)O2. The first-order valence-corrected chi connectivity index (χ1v) is 10.9. The number of hydrogen-bond acceptors (Lipinski definition) is 3. The van der Waals surface area contributed by atoms with Gasteiger partial charge in [0.05, 0.1) is 11.7 Å². The first kappa shape index (κ1) is 17.7. The summed E-state index contributed by atoms with van der Waals surface area (Å²) in [5.41, 5.74) is 3.99. The highest BCUT2D eigenvalue weighted by molar-refractivity contribution is 5.81. The van der Waals surface area contributed by atoms with Crippen LogP contribution in [-0.2, 0) is 17.8 Å². The molecule has 29 heavy (non-hydrogen) atoms. The molecule has 3 fully saturated rings. The van der Waals surface area contributed by atoms with Gasteiger partial charge in [0, 0.05) is 56.3 Å². The van der Waals surface area contributed by atoms with Crippen LogP contribution in [0.4, 0.5) is 0 Å². The quantitative estimate of drug-likeness (QED) is 0.725. The molecule has 1 spiro atoms. The zero-order chi connectivity index (χ0) is 19.4. The second-order valence-electron chi connectivity index (χ2n) is 9.20. The van der Waals surface area contributed by atoms with Gasteiger partial charge in [-0.25, -0.2) is 0 Å². The van der Waals surface area contributed by atoms with Gasteiger partial charge < -0.3 is 14.4 Å². The molecule has 3 aromatic rings. The van der Waals surface area contributed by atoms with Crippen LogP contribution in [0.1, 0.15) is 24.0 Å². The Hall–Kier alpha value is -2.14. The number of rotatable bonds is 5. The van der Waals surface area contributed by atoms with Crippen LogP contribution in [0.5, 0.6) is 0 Å². The Morgan fingerprint density at radius 2 is 1.93 bits per heavy atom. The largest absolute Gasteiger partial charge is 0.396 e.